The minimum atomic E-state index is -1.14. The van der Waals surface area contributed by atoms with E-state index in [1.54, 1.807) is 31.5 Å². The van der Waals surface area contributed by atoms with Crippen LogP contribution in [0.25, 0.3) is 21.8 Å². The first-order chi connectivity index (χ1) is 13.5. The molecule has 2 aromatic carbocycles. The fourth-order valence-corrected chi connectivity index (χ4v) is 3.43. The lowest BCUT2D eigenvalue weighted by Crippen LogP contribution is -2.24. The maximum absolute atomic E-state index is 13.1. The van der Waals surface area contributed by atoms with E-state index in [1.165, 1.54) is 4.68 Å². The standard InChI is InChI=1S/C20H18N4O4/c1-23-17-7-6-14(28-2)9-15(17)16-10-21-24(19(25)18(16)23)11-12-4-3-5-13(8-12)22-20(26)27/h3-10,22H,11H2,1-2H3,(H,26,27). The Morgan fingerprint density at radius 3 is 2.79 bits per heavy atom. The molecular formula is C20H18N4O4. The van der Waals surface area contributed by atoms with Crippen LogP contribution in [-0.4, -0.2) is 32.7 Å². The Morgan fingerprint density at radius 2 is 2.04 bits per heavy atom. The van der Waals surface area contributed by atoms with Crippen LogP contribution in [0.1, 0.15) is 5.56 Å². The molecule has 0 spiro atoms. The number of rotatable bonds is 4. The van der Waals surface area contributed by atoms with Gasteiger partial charge in [0.1, 0.15) is 11.3 Å². The number of benzene rings is 2. The molecule has 4 rings (SSSR count). The maximum Gasteiger partial charge on any atom is 0.409 e. The summed E-state index contributed by atoms with van der Waals surface area (Å²) < 4.78 is 8.52. The van der Waals surface area contributed by atoms with Crippen molar-refractivity contribution in [1.82, 2.24) is 14.3 Å². The van der Waals surface area contributed by atoms with Crippen molar-refractivity contribution in [2.24, 2.45) is 7.05 Å². The molecule has 0 fully saturated rings. The van der Waals surface area contributed by atoms with Crippen molar-refractivity contribution in [3.8, 4) is 5.75 Å². The van der Waals surface area contributed by atoms with Crippen molar-refractivity contribution in [1.29, 1.82) is 0 Å². The van der Waals surface area contributed by atoms with Gasteiger partial charge in [-0.1, -0.05) is 12.1 Å². The highest BCUT2D eigenvalue weighted by Crippen LogP contribution is 2.28. The molecule has 0 aliphatic rings. The van der Waals surface area contributed by atoms with Gasteiger partial charge in [0.25, 0.3) is 5.56 Å². The number of aromatic nitrogens is 3. The van der Waals surface area contributed by atoms with E-state index in [0.29, 0.717) is 17.0 Å². The van der Waals surface area contributed by atoms with Crippen LogP contribution >= 0.6 is 0 Å². The average Bonchev–Trinajstić information content (AvgIpc) is 2.96. The van der Waals surface area contributed by atoms with Crippen LogP contribution in [0, 0.1) is 0 Å². The molecule has 8 heteroatoms. The lowest BCUT2D eigenvalue weighted by Gasteiger charge is -2.07. The minimum absolute atomic E-state index is 0.216. The number of anilines is 1. The van der Waals surface area contributed by atoms with Crippen molar-refractivity contribution in [2.75, 3.05) is 12.4 Å². The summed E-state index contributed by atoms with van der Waals surface area (Å²) in [6, 6.07) is 12.5. The van der Waals surface area contributed by atoms with E-state index in [4.69, 9.17) is 9.84 Å². The molecule has 0 aliphatic carbocycles. The summed E-state index contributed by atoms with van der Waals surface area (Å²) >= 11 is 0. The molecular weight excluding hydrogens is 360 g/mol. The highest BCUT2D eigenvalue weighted by molar-refractivity contribution is 6.07. The van der Waals surface area contributed by atoms with E-state index in [1.807, 2.05) is 35.9 Å². The summed E-state index contributed by atoms with van der Waals surface area (Å²) in [5.41, 5.74) is 2.46. The van der Waals surface area contributed by atoms with E-state index in [2.05, 4.69) is 10.4 Å². The monoisotopic (exact) mass is 378 g/mol. The second-order valence-electron chi connectivity index (χ2n) is 6.44. The van der Waals surface area contributed by atoms with Crippen LogP contribution in [-0.2, 0) is 13.6 Å². The number of fused-ring (bicyclic) bond motifs is 3. The van der Waals surface area contributed by atoms with E-state index >= 15 is 0 Å². The number of nitrogens with one attached hydrogen (secondary N) is 1. The van der Waals surface area contributed by atoms with Crippen molar-refractivity contribution < 1.29 is 14.6 Å². The van der Waals surface area contributed by atoms with Crippen molar-refractivity contribution in [3.05, 3.63) is 64.6 Å². The number of hydrogen-bond acceptors (Lipinski definition) is 4. The number of amides is 1. The van der Waals surface area contributed by atoms with Crippen LogP contribution in [0.5, 0.6) is 5.75 Å². The lowest BCUT2D eigenvalue weighted by atomic mass is 10.2. The zero-order valence-electron chi connectivity index (χ0n) is 15.3. The fourth-order valence-electron chi connectivity index (χ4n) is 3.43. The van der Waals surface area contributed by atoms with E-state index in [-0.39, 0.29) is 12.1 Å². The molecule has 0 saturated heterocycles. The van der Waals surface area contributed by atoms with Crippen molar-refractivity contribution >= 4 is 33.6 Å². The van der Waals surface area contributed by atoms with Crippen LogP contribution in [0.3, 0.4) is 0 Å². The molecule has 1 amide bonds. The van der Waals surface area contributed by atoms with Gasteiger partial charge in [-0.25, -0.2) is 9.48 Å². The van der Waals surface area contributed by atoms with E-state index in [9.17, 15) is 9.59 Å². The van der Waals surface area contributed by atoms with E-state index in [0.717, 1.165) is 21.9 Å². The molecule has 0 radical (unpaired) electrons. The molecule has 0 saturated carbocycles. The van der Waals surface area contributed by atoms with Gasteiger partial charge in [0, 0.05) is 29.0 Å². The fraction of sp³-hybridized carbons (Fsp3) is 0.150. The summed E-state index contributed by atoms with van der Waals surface area (Å²) in [6.07, 6.45) is 0.539. The van der Waals surface area contributed by atoms with Gasteiger partial charge in [0.2, 0.25) is 0 Å². The summed E-state index contributed by atoms with van der Waals surface area (Å²) in [4.78, 5) is 23.9. The van der Waals surface area contributed by atoms with Gasteiger partial charge in [-0.2, -0.15) is 5.10 Å². The first-order valence-corrected chi connectivity index (χ1v) is 8.59. The molecule has 2 heterocycles. The van der Waals surface area contributed by atoms with Crippen LogP contribution < -0.4 is 15.6 Å². The van der Waals surface area contributed by atoms with Crippen LogP contribution in [0.15, 0.2) is 53.5 Å². The molecule has 4 aromatic rings. The molecule has 28 heavy (non-hydrogen) atoms. The van der Waals surface area contributed by atoms with E-state index < -0.39 is 6.09 Å². The Hall–Kier alpha value is -3.81. The Morgan fingerprint density at radius 1 is 1.21 bits per heavy atom. The summed E-state index contributed by atoms with van der Waals surface area (Å²) in [7, 11) is 3.45. The highest BCUT2D eigenvalue weighted by Gasteiger charge is 2.15. The van der Waals surface area contributed by atoms with Gasteiger partial charge in [0.15, 0.2) is 0 Å². The third-order valence-electron chi connectivity index (χ3n) is 4.72. The molecule has 0 bridgehead atoms. The summed E-state index contributed by atoms with van der Waals surface area (Å²) in [5.74, 6) is 0.715. The molecule has 0 unspecified atom stereocenters. The lowest BCUT2D eigenvalue weighted by molar-refractivity contribution is 0.210. The number of aryl methyl sites for hydroxylation is 1. The smallest absolute Gasteiger partial charge is 0.409 e. The number of nitrogens with zero attached hydrogens (tertiary/aromatic N) is 3. The van der Waals surface area contributed by atoms with Crippen LogP contribution in [0.2, 0.25) is 0 Å². The Kier molecular flexibility index (Phi) is 4.23. The molecule has 142 valence electrons. The molecule has 8 nitrogen and oxygen atoms in total. The zero-order chi connectivity index (χ0) is 19.8. The third-order valence-corrected chi connectivity index (χ3v) is 4.72. The zero-order valence-corrected chi connectivity index (χ0v) is 15.3. The van der Waals surface area contributed by atoms with Crippen LogP contribution in [0.4, 0.5) is 10.5 Å². The maximum atomic E-state index is 13.1. The predicted octanol–water partition coefficient (Wildman–Crippen LogP) is 3.04. The second-order valence-corrected chi connectivity index (χ2v) is 6.44. The molecule has 2 aromatic heterocycles. The topological polar surface area (TPSA) is 98.4 Å². The normalized spacial score (nSPS) is 11.1. The highest BCUT2D eigenvalue weighted by atomic mass is 16.5. The molecule has 2 N–H and O–H groups in total. The van der Waals surface area contributed by atoms with Crippen molar-refractivity contribution in [3.63, 3.8) is 0 Å². The largest absolute Gasteiger partial charge is 0.497 e. The predicted molar refractivity (Wildman–Crippen MR) is 106 cm³/mol. The first kappa shape index (κ1) is 17.6. The number of ether oxygens (including phenoxy) is 1. The average molecular weight is 378 g/mol. The quantitative estimate of drug-likeness (QED) is 0.569. The van der Waals surface area contributed by atoms with Gasteiger partial charge in [0.05, 0.1) is 19.9 Å². The number of methoxy groups -OCH3 is 1. The second kappa shape index (κ2) is 6.73. The van der Waals surface area contributed by atoms with Gasteiger partial charge in [-0.05, 0) is 35.9 Å². The number of carbonyl (C=O) groups is 1. The summed E-state index contributed by atoms with van der Waals surface area (Å²) in [6.45, 7) is 0.231. The minimum Gasteiger partial charge on any atom is -0.497 e. The molecule has 0 atom stereocenters. The van der Waals surface area contributed by atoms with Gasteiger partial charge >= 0.3 is 6.09 Å². The van der Waals surface area contributed by atoms with Gasteiger partial charge < -0.3 is 14.4 Å². The number of carboxylic acid groups (broad SMARTS) is 1. The Balaban J connectivity index is 1.80. The number of hydrogen-bond donors (Lipinski definition) is 2. The summed E-state index contributed by atoms with van der Waals surface area (Å²) in [5, 5.41) is 17.2. The SMILES string of the molecule is COc1ccc2c(c1)c1cnn(Cc3cccc(NC(=O)O)c3)c(=O)c1n2C. The van der Waals surface area contributed by atoms with Gasteiger partial charge in [-0.3, -0.25) is 10.1 Å². The molecule has 0 aliphatic heterocycles. The van der Waals surface area contributed by atoms with Crippen molar-refractivity contribution in [2.45, 2.75) is 6.54 Å². The van der Waals surface area contributed by atoms with Gasteiger partial charge in [-0.15, -0.1) is 0 Å². The third kappa shape index (κ3) is 2.94. The Labute approximate surface area is 159 Å². The Bertz CT molecular complexity index is 1270. The first-order valence-electron chi connectivity index (χ1n) is 8.59.